The van der Waals surface area contributed by atoms with Crippen LogP contribution in [0.4, 0.5) is 0 Å². The molecule has 0 spiro atoms. The first-order chi connectivity index (χ1) is 15.8. The number of rotatable bonds is 6. The molecule has 8 nitrogen and oxygen atoms in total. The number of carbonyl (C=O) groups is 1. The van der Waals surface area contributed by atoms with Gasteiger partial charge in [0, 0.05) is 31.1 Å². The average Bonchev–Trinajstić information content (AvgIpc) is 2.81. The normalized spacial score (nSPS) is 15.6. The number of sulfonamides is 1. The van der Waals surface area contributed by atoms with Crippen molar-refractivity contribution in [2.75, 3.05) is 13.1 Å². The van der Waals surface area contributed by atoms with Crippen LogP contribution in [0.3, 0.4) is 0 Å². The van der Waals surface area contributed by atoms with Crippen molar-refractivity contribution in [3.63, 3.8) is 0 Å². The Bertz CT molecular complexity index is 1320. The van der Waals surface area contributed by atoms with E-state index >= 15 is 0 Å². The molecule has 1 aromatic heterocycles. The van der Waals surface area contributed by atoms with Gasteiger partial charge in [0.1, 0.15) is 0 Å². The van der Waals surface area contributed by atoms with Crippen LogP contribution >= 0.6 is 0 Å². The summed E-state index contributed by atoms with van der Waals surface area (Å²) in [5, 5.41) is 8.32. The van der Waals surface area contributed by atoms with Gasteiger partial charge in [0.25, 0.3) is 11.5 Å². The van der Waals surface area contributed by atoms with Gasteiger partial charge in [0.05, 0.1) is 10.3 Å². The second-order valence-electron chi connectivity index (χ2n) is 8.39. The van der Waals surface area contributed by atoms with E-state index in [0.717, 1.165) is 12.0 Å². The summed E-state index contributed by atoms with van der Waals surface area (Å²) in [4.78, 5) is 26.0. The van der Waals surface area contributed by atoms with Crippen molar-refractivity contribution >= 4 is 26.7 Å². The summed E-state index contributed by atoms with van der Waals surface area (Å²) in [6, 6.07) is 13.6. The largest absolute Gasteiger partial charge is 0.348 e. The van der Waals surface area contributed by atoms with Gasteiger partial charge in [-0.2, -0.15) is 9.40 Å². The number of nitrogens with one attached hydrogen (secondary N) is 1. The van der Waals surface area contributed by atoms with Gasteiger partial charge < -0.3 is 5.32 Å². The maximum atomic E-state index is 13.1. The topological polar surface area (TPSA) is 101 Å². The van der Waals surface area contributed by atoms with E-state index in [9.17, 15) is 18.0 Å². The molecule has 1 aliphatic heterocycles. The zero-order valence-electron chi connectivity index (χ0n) is 18.8. The van der Waals surface area contributed by atoms with Crippen molar-refractivity contribution in [1.82, 2.24) is 19.4 Å². The number of hydrogen-bond donors (Lipinski definition) is 1. The predicted molar refractivity (Wildman–Crippen MR) is 127 cm³/mol. The standard InChI is InChI=1S/C24H28N4O4S/c1-3-14-28-24(30)21-7-5-4-6-20(21)22(26-28)23(29)25-18-12-15-27(16-13-18)33(31,32)19-10-8-17(2)9-11-19/h4-11,18H,3,12-16H2,1-2H3,(H,25,29). The van der Waals surface area contributed by atoms with Gasteiger partial charge in [0.15, 0.2) is 5.69 Å². The van der Waals surface area contributed by atoms with Crippen LogP contribution in [0.25, 0.3) is 10.8 Å². The number of carbonyl (C=O) groups excluding carboxylic acids is 1. The first kappa shape index (κ1) is 23.1. The number of hydrogen-bond acceptors (Lipinski definition) is 5. The van der Waals surface area contributed by atoms with E-state index in [0.29, 0.717) is 43.2 Å². The molecule has 9 heteroatoms. The van der Waals surface area contributed by atoms with Crippen molar-refractivity contribution in [3.8, 4) is 0 Å². The molecule has 1 amide bonds. The number of benzene rings is 2. The van der Waals surface area contributed by atoms with Crippen LogP contribution in [0, 0.1) is 6.92 Å². The molecule has 1 saturated heterocycles. The SMILES string of the molecule is CCCn1nc(C(=O)NC2CCN(S(=O)(=O)c3ccc(C)cc3)CC2)c2ccccc2c1=O. The molecular weight excluding hydrogens is 440 g/mol. The zero-order chi connectivity index (χ0) is 23.6. The molecule has 0 unspecified atom stereocenters. The molecule has 3 aromatic rings. The molecule has 4 rings (SSSR count). The smallest absolute Gasteiger partial charge is 0.274 e. The summed E-state index contributed by atoms with van der Waals surface area (Å²) in [6.07, 6.45) is 1.73. The summed E-state index contributed by atoms with van der Waals surface area (Å²) in [7, 11) is -3.56. The molecule has 0 saturated carbocycles. The van der Waals surface area contributed by atoms with Crippen molar-refractivity contribution in [2.24, 2.45) is 0 Å². The number of piperidine rings is 1. The second kappa shape index (κ2) is 9.44. The Morgan fingerprint density at radius 3 is 2.33 bits per heavy atom. The Kier molecular flexibility index (Phi) is 6.62. The first-order valence-corrected chi connectivity index (χ1v) is 12.6. The van der Waals surface area contributed by atoms with E-state index < -0.39 is 10.0 Å². The Balaban J connectivity index is 1.49. The van der Waals surface area contributed by atoms with Crippen LogP contribution in [0.5, 0.6) is 0 Å². The van der Waals surface area contributed by atoms with E-state index in [1.807, 2.05) is 13.8 Å². The van der Waals surface area contributed by atoms with E-state index in [4.69, 9.17) is 0 Å². The summed E-state index contributed by atoms with van der Waals surface area (Å²) in [5.74, 6) is -0.351. The number of aryl methyl sites for hydroxylation is 2. The molecule has 2 heterocycles. The number of aromatic nitrogens is 2. The van der Waals surface area contributed by atoms with Crippen molar-refractivity contribution in [3.05, 3.63) is 70.1 Å². The van der Waals surface area contributed by atoms with E-state index in [2.05, 4.69) is 10.4 Å². The minimum Gasteiger partial charge on any atom is -0.348 e. The Hall–Kier alpha value is -3.04. The minimum atomic E-state index is -3.56. The molecule has 1 aliphatic rings. The highest BCUT2D eigenvalue weighted by molar-refractivity contribution is 7.89. The van der Waals surface area contributed by atoms with Gasteiger partial charge >= 0.3 is 0 Å². The van der Waals surface area contributed by atoms with E-state index in [1.54, 1.807) is 48.5 Å². The molecule has 174 valence electrons. The predicted octanol–water partition coefficient (Wildman–Crippen LogP) is 2.70. The molecule has 1 N–H and O–H groups in total. The van der Waals surface area contributed by atoms with Crippen molar-refractivity contribution in [1.29, 1.82) is 0 Å². The molecule has 0 aliphatic carbocycles. The highest BCUT2D eigenvalue weighted by Crippen LogP contribution is 2.22. The summed E-state index contributed by atoms with van der Waals surface area (Å²) in [6.45, 7) is 4.94. The van der Waals surface area contributed by atoms with Crippen molar-refractivity contribution < 1.29 is 13.2 Å². The Morgan fingerprint density at radius 1 is 1.06 bits per heavy atom. The third-order valence-corrected chi connectivity index (χ3v) is 7.88. The van der Waals surface area contributed by atoms with Gasteiger partial charge in [-0.15, -0.1) is 0 Å². The van der Waals surface area contributed by atoms with E-state index in [1.165, 1.54) is 8.99 Å². The maximum Gasteiger partial charge on any atom is 0.274 e. The van der Waals surface area contributed by atoms with Crippen LogP contribution in [-0.2, 0) is 16.6 Å². The van der Waals surface area contributed by atoms with Gasteiger partial charge in [-0.25, -0.2) is 13.1 Å². The molecule has 1 fully saturated rings. The molecule has 0 radical (unpaired) electrons. The van der Waals surface area contributed by atoms with Gasteiger partial charge in [0.2, 0.25) is 10.0 Å². The third kappa shape index (κ3) is 4.69. The lowest BCUT2D eigenvalue weighted by Crippen LogP contribution is -2.46. The first-order valence-electron chi connectivity index (χ1n) is 11.2. The van der Waals surface area contributed by atoms with Gasteiger partial charge in [-0.3, -0.25) is 9.59 Å². The highest BCUT2D eigenvalue weighted by atomic mass is 32.2. The quantitative estimate of drug-likeness (QED) is 0.599. The summed E-state index contributed by atoms with van der Waals surface area (Å²) in [5.41, 5.74) is 1.01. The Labute approximate surface area is 193 Å². The number of nitrogens with zero attached hydrogens (tertiary/aromatic N) is 3. The summed E-state index contributed by atoms with van der Waals surface area (Å²) < 4.78 is 28.7. The second-order valence-corrected chi connectivity index (χ2v) is 10.3. The minimum absolute atomic E-state index is 0.172. The fourth-order valence-electron chi connectivity index (χ4n) is 4.12. The van der Waals surface area contributed by atoms with Crippen LogP contribution < -0.4 is 10.9 Å². The molecule has 0 atom stereocenters. The van der Waals surface area contributed by atoms with Crippen LogP contribution in [-0.4, -0.2) is 47.5 Å². The molecule has 2 aromatic carbocycles. The Morgan fingerprint density at radius 2 is 1.70 bits per heavy atom. The highest BCUT2D eigenvalue weighted by Gasteiger charge is 2.30. The monoisotopic (exact) mass is 468 g/mol. The number of amides is 1. The lowest BCUT2D eigenvalue weighted by atomic mass is 10.1. The lowest BCUT2D eigenvalue weighted by Gasteiger charge is -2.31. The maximum absolute atomic E-state index is 13.1. The van der Waals surface area contributed by atoms with E-state index in [-0.39, 0.29) is 28.1 Å². The van der Waals surface area contributed by atoms with Crippen LogP contribution in [0.1, 0.15) is 42.2 Å². The molecular formula is C24H28N4O4S. The average molecular weight is 469 g/mol. The fraction of sp³-hybridized carbons (Fsp3) is 0.375. The summed E-state index contributed by atoms with van der Waals surface area (Å²) >= 11 is 0. The van der Waals surface area contributed by atoms with Crippen molar-refractivity contribution in [2.45, 2.75) is 50.6 Å². The number of fused-ring (bicyclic) bond motifs is 1. The third-order valence-electron chi connectivity index (χ3n) is 5.97. The lowest BCUT2D eigenvalue weighted by molar-refractivity contribution is 0.0918. The fourth-order valence-corrected chi connectivity index (χ4v) is 5.59. The van der Waals surface area contributed by atoms with Gasteiger partial charge in [-0.1, -0.05) is 42.8 Å². The van der Waals surface area contributed by atoms with Gasteiger partial charge in [-0.05, 0) is 44.4 Å². The molecule has 33 heavy (non-hydrogen) atoms. The van der Waals surface area contributed by atoms with Crippen LogP contribution in [0.2, 0.25) is 0 Å². The zero-order valence-corrected chi connectivity index (χ0v) is 19.6. The van der Waals surface area contributed by atoms with Crippen LogP contribution in [0.15, 0.2) is 58.2 Å². The molecule has 0 bridgehead atoms.